The zero-order valence-corrected chi connectivity index (χ0v) is 54.9. The molecule has 0 saturated heterocycles. The summed E-state index contributed by atoms with van der Waals surface area (Å²) in [5, 5.41) is 6.89. The second-order valence-corrected chi connectivity index (χ2v) is 25.6. The highest BCUT2D eigenvalue weighted by atomic mass is 16.6. The monoisotopic (exact) mass is 1250 g/mol. The third-order valence-electron chi connectivity index (χ3n) is 18.3. The number of hydrogen-bond acceptors (Lipinski definition) is 18. The first kappa shape index (κ1) is 77.9. The third-order valence-corrected chi connectivity index (χ3v) is 18.3. The van der Waals surface area contributed by atoms with Gasteiger partial charge in [-0.25, -0.2) is 0 Å². The van der Waals surface area contributed by atoms with E-state index < -0.39 is 11.9 Å². The molecule has 4 saturated carbocycles. The van der Waals surface area contributed by atoms with Crippen molar-refractivity contribution in [1.82, 2.24) is 14.7 Å². The number of hydrogen-bond donors (Lipinski definition) is 1. The molecule has 4 aliphatic carbocycles. The molecule has 0 radical (unpaired) electrons. The third kappa shape index (κ3) is 44.2. The van der Waals surface area contributed by atoms with E-state index in [0.717, 1.165) is 81.5 Å². The summed E-state index contributed by atoms with van der Waals surface area (Å²) in [6.45, 7) is 4.40. The first-order chi connectivity index (χ1) is 42.9. The quantitative estimate of drug-likeness (QED) is 0.0258. The number of ether oxygens (including phenoxy) is 7. The number of nitrogens with zero attached hydrogens (tertiary/aromatic N) is 3. The highest BCUT2D eigenvalue weighted by Gasteiger charge is 2.20. The number of unbranched alkanes of at least 4 members (excludes halogenated alkanes) is 5. The largest absolute Gasteiger partial charge is 0.483 e. The molecule has 0 bridgehead atoms. The Hall–Kier alpha value is -4.36. The fourth-order valence-corrected chi connectivity index (χ4v) is 12.9. The van der Waals surface area contributed by atoms with E-state index in [2.05, 4.69) is 9.80 Å². The normalized spacial score (nSPS) is 16.1. The van der Waals surface area contributed by atoms with Gasteiger partial charge in [0.05, 0.1) is 25.9 Å². The van der Waals surface area contributed by atoms with Crippen molar-refractivity contribution in [1.29, 1.82) is 0 Å². The Labute approximate surface area is 530 Å². The molecule has 0 heterocycles. The van der Waals surface area contributed by atoms with Gasteiger partial charge in [-0.15, -0.1) is 0 Å². The van der Waals surface area contributed by atoms with Gasteiger partial charge in [-0.05, 0) is 75.8 Å². The van der Waals surface area contributed by atoms with E-state index in [4.69, 9.17) is 43.1 Å². The van der Waals surface area contributed by atoms with Crippen molar-refractivity contribution < 1.29 is 76.6 Å². The molecule has 0 unspecified atom stereocenters. The summed E-state index contributed by atoms with van der Waals surface area (Å²) in [4.78, 5) is 103. The van der Waals surface area contributed by atoms with Gasteiger partial charge in [0.2, 0.25) is 0 Å². The number of carbonyl (C=O) groups excluding carboxylic acids is 7. The van der Waals surface area contributed by atoms with Crippen LogP contribution < -0.4 is 0 Å². The van der Waals surface area contributed by atoms with Crippen molar-refractivity contribution in [3.63, 3.8) is 0 Å². The summed E-state index contributed by atoms with van der Waals surface area (Å²) in [6.07, 6.45) is 41.9. The minimum atomic E-state index is -0.426. The predicted molar refractivity (Wildman–Crippen MR) is 339 cm³/mol. The van der Waals surface area contributed by atoms with Gasteiger partial charge < -0.3 is 53.0 Å². The molecule has 0 atom stereocenters. The summed E-state index contributed by atoms with van der Waals surface area (Å²) in [6, 6.07) is 0. The second-order valence-electron chi connectivity index (χ2n) is 25.6. The number of carbonyl (C=O) groups is 8. The van der Waals surface area contributed by atoms with Crippen LogP contribution in [0.3, 0.4) is 0 Å². The lowest BCUT2D eigenvalue weighted by Crippen LogP contribution is -2.40. The van der Waals surface area contributed by atoms with Gasteiger partial charge in [0, 0.05) is 71.5 Å². The Morgan fingerprint density at radius 3 is 0.818 bits per heavy atom. The van der Waals surface area contributed by atoms with Crippen LogP contribution in [-0.4, -0.2) is 174 Å². The van der Waals surface area contributed by atoms with E-state index in [9.17, 15) is 33.6 Å². The molecule has 0 aromatic heterocycles. The summed E-state index contributed by atoms with van der Waals surface area (Å²) >= 11 is 0. The number of likely N-dealkylation sites (N-methyl/N-ethyl adjacent to an activating group) is 1. The first-order valence-corrected chi connectivity index (χ1v) is 35.2. The highest BCUT2D eigenvalue weighted by Crippen LogP contribution is 2.31. The molecular formula is C69H121N3O16. The van der Waals surface area contributed by atoms with Crippen LogP contribution in [0.1, 0.15) is 263 Å². The summed E-state index contributed by atoms with van der Waals surface area (Å²) in [5.41, 5.74) is 0. The Morgan fingerprint density at radius 1 is 0.307 bits per heavy atom. The minimum absolute atomic E-state index is 0.00655. The molecule has 4 aliphatic rings. The Balaban J connectivity index is 0.00000661. The zero-order chi connectivity index (χ0) is 63.3. The molecular weight excluding hydrogens is 1130 g/mol. The SMILES string of the molecule is CN(CCN(CCCCOC(=O)CCCCC1CCCCC1)CCC(=O)OCCOC(=O)CCCCC1CCCCC1)CCN(CCC(=O)OCCOC(=O)CCCCC1CCCCC1)CCC(=O)OCCOC(=O)CCCCC1CCCCC1.O=CO. The van der Waals surface area contributed by atoms with Crippen LogP contribution in [0.5, 0.6) is 0 Å². The van der Waals surface area contributed by atoms with E-state index in [1.165, 1.54) is 154 Å². The van der Waals surface area contributed by atoms with E-state index in [1.807, 2.05) is 11.9 Å². The van der Waals surface area contributed by atoms with Gasteiger partial charge in [0.25, 0.3) is 6.47 Å². The first-order valence-electron chi connectivity index (χ1n) is 35.2. The molecule has 0 aromatic rings. The molecule has 19 nitrogen and oxygen atoms in total. The maximum Gasteiger partial charge on any atom is 0.307 e. The molecule has 4 rings (SSSR count). The van der Waals surface area contributed by atoms with E-state index >= 15 is 0 Å². The lowest BCUT2D eigenvalue weighted by molar-refractivity contribution is -0.153. The van der Waals surface area contributed by atoms with Gasteiger partial charge in [0.1, 0.15) is 39.6 Å². The Bertz CT molecular complexity index is 1770. The van der Waals surface area contributed by atoms with Crippen LogP contribution in [-0.2, 0) is 71.5 Å². The average Bonchev–Trinajstić information content (AvgIpc) is 3.55. The van der Waals surface area contributed by atoms with Crippen LogP contribution in [0.25, 0.3) is 0 Å². The average molecular weight is 1250 g/mol. The topological polar surface area (TPSA) is 231 Å². The maximum atomic E-state index is 12.9. The van der Waals surface area contributed by atoms with Crippen molar-refractivity contribution in [3.05, 3.63) is 0 Å². The van der Waals surface area contributed by atoms with Crippen molar-refractivity contribution >= 4 is 48.3 Å². The number of rotatable bonds is 49. The van der Waals surface area contributed by atoms with Crippen LogP contribution in [0.15, 0.2) is 0 Å². The Morgan fingerprint density at radius 2 is 0.545 bits per heavy atom. The summed E-state index contributed by atoms with van der Waals surface area (Å²) in [5.74, 6) is 1.03. The summed E-state index contributed by atoms with van der Waals surface area (Å²) in [7, 11) is 2.01. The van der Waals surface area contributed by atoms with Crippen molar-refractivity contribution in [3.8, 4) is 0 Å². The van der Waals surface area contributed by atoms with E-state index in [1.54, 1.807) is 0 Å². The number of esters is 7. The fourth-order valence-electron chi connectivity index (χ4n) is 12.9. The van der Waals surface area contributed by atoms with Gasteiger partial charge in [-0.3, -0.25) is 38.4 Å². The van der Waals surface area contributed by atoms with Crippen LogP contribution in [0.2, 0.25) is 0 Å². The van der Waals surface area contributed by atoms with E-state index in [0.29, 0.717) is 91.1 Å². The fraction of sp³-hybridized carbons (Fsp3) is 0.884. The van der Waals surface area contributed by atoms with Gasteiger partial charge >= 0.3 is 41.8 Å². The standard InChI is InChI=1S/C68H119N3O14.CH2O2/c1-69(47-49-70(43-22-23-51-79-62(72)36-18-14-32-58-24-6-2-7-25-58)44-40-66(76)83-55-52-80-63(73)37-19-15-33-59-26-8-3-9-27-59)48-50-71(45-41-67(77)84-56-53-81-64(74)38-20-16-34-60-28-10-4-11-29-60)46-42-68(78)85-57-54-82-65(75)39-21-17-35-61-30-12-5-13-31-61;2-1-3/h58-61H,2-57H2,1H3;1H,(H,2,3). The molecule has 88 heavy (non-hydrogen) atoms. The molecule has 1 N–H and O–H groups in total. The lowest BCUT2D eigenvalue weighted by Gasteiger charge is -2.28. The molecule has 0 amide bonds. The smallest absolute Gasteiger partial charge is 0.307 e. The van der Waals surface area contributed by atoms with Crippen LogP contribution in [0.4, 0.5) is 0 Å². The molecule has 0 aliphatic heterocycles. The van der Waals surface area contributed by atoms with Crippen LogP contribution >= 0.6 is 0 Å². The van der Waals surface area contributed by atoms with Crippen molar-refractivity contribution in [2.24, 2.45) is 23.7 Å². The Kier molecular flexibility index (Phi) is 47.2. The second kappa shape index (κ2) is 53.3. The van der Waals surface area contributed by atoms with Gasteiger partial charge in [-0.2, -0.15) is 0 Å². The zero-order valence-electron chi connectivity index (χ0n) is 54.9. The van der Waals surface area contributed by atoms with Crippen LogP contribution in [0, 0.1) is 23.7 Å². The molecule has 508 valence electrons. The molecule has 4 fully saturated rings. The molecule has 0 spiro atoms. The van der Waals surface area contributed by atoms with Crippen molar-refractivity contribution in [2.75, 3.05) is 106 Å². The molecule has 0 aromatic carbocycles. The highest BCUT2D eigenvalue weighted by molar-refractivity contribution is 5.72. The molecule has 19 heteroatoms. The predicted octanol–water partition coefficient (Wildman–Crippen LogP) is 12.5. The van der Waals surface area contributed by atoms with E-state index in [-0.39, 0.29) is 95.2 Å². The van der Waals surface area contributed by atoms with Gasteiger partial charge in [-0.1, -0.05) is 180 Å². The lowest BCUT2D eigenvalue weighted by atomic mass is 9.86. The minimum Gasteiger partial charge on any atom is -0.483 e. The number of carboxylic acid groups (broad SMARTS) is 1. The maximum absolute atomic E-state index is 12.9. The van der Waals surface area contributed by atoms with Crippen molar-refractivity contribution in [2.45, 2.75) is 263 Å². The summed E-state index contributed by atoms with van der Waals surface area (Å²) < 4.78 is 38.1. The van der Waals surface area contributed by atoms with Gasteiger partial charge in [0.15, 0.2) is 0 Å².